The van der Waals surface area contributed by atoms with Crippen molar-refractivity contribution in [3.05, 3.63) is 0 Å². The predicted octanol–water partition coefficient (Wildman–Crippen LogP) is 1.51. The Bertz CT molecular complexity index is 114. The number of nitrogens with zero attached hydrogens (tertiary/aromatic N) is 1. The molecule has 0 unspecified atom stereocenters. The lowest BCUT2D eigenvalue weighted by Crippen LogP contribution is -2.06. The maximum atomic E-state index is 7.12. The summed E-state index contributed by atoms with van der Waals surface area (Å²) in [6, 6.07) is 0. The van der Waals surface area contributed by atoms with Crippen LogP contribution in [0.5, 0.6) is 0 Å². The zero-order valence-electron chi connectivity index (χ0n) is 5.65. The lowest BCUT2D eigenvalue weighted by atomic mass is 10.2. The van der Waals surface area contributed by atoms with Crippen LogP contribution in [-0.2, 0) is 0 Å². The minimum absolute atomic E-state index is 0.579. The highest BCUT2D eigenvalue weighted by molar-refractivity contribution is 6.40. The number of nitrogens with one attached hydrogen (secondary N) is 1. The second-order valence-electron chi connectivity index (χ2n) is 1.65. The summed E-state index contributed by atoms with van der Waals surface area (Å²) in [5.74, 6) is 0. The minimum Gasteiger partial charge on any atom is -0.304 e. The molecular formula is C6H12N2. The van der Waals surface area contributed by atoms with E-state index in [9.17, 15) is 0 Å². The highest BCUT2D eigenvalue weighted by Crippen LogP contribution is 1.85. The third-order valence-corrected chi connectivity index (χ3v) is 1.04. The molecule has 0 aromatic carbocycles. The monoisotopic (exact) mass is 112 g/mol. The average Bonchev–Trinajstić information content (AvgIpc) is 1.69. The third-order valence-electron chi connectivity index (χ3n) is 1.04. The van der Waals surface area contributed by atoms with Gasteiger partial charge in [0.15, 0.2) is 0 Å². The molecule has 2 heteroatoms. The summed E-state index contributed by atoms with van der Waals surface area (Å²) in [5, 5.41) is 7.12. The van der Waals surface area contributed by atoms with Gasteiger partial charge < -0.3 is 5.41 Å². The van der Waals surface area contributed by atoms with Crippen molar-refractivity contribution >= 4 is 11.4 Å². The van der Waals surface area contributed by atoms with E-state index >= 15 is 0 Å². The molecule has 0 aromatic heterocycles. The molecule has 0 aliphatic carbocycles. The molecule has 0 saturated heterocycles. The fourth-order valence-electron chi connectivity index (χ4n) is 0.591. The van der Waals surface area contributed by atoms with Gasteiger partial charge in [0.05, 0.1) is 5.71 Å². The SMILES string of the molecule is CC/C(=N/C)C(C)=N. The molecule has 0 saturated carbocycles. The van der Waals surface area contributed by atoms with E-state index in [1.54, 1.807) is 14.0 Å². The van der Waals surface area contributed by atoms with E-state index in [1.807, 2.05) is 6.92 Å². The first kappa shape index (κ1) is 7.34. The Hall–Kier alpha value is -0.660. The molecule has 0 heterocycles. The lowest BCUT2D eigenvalue weighted by molar-refractivity contribution is 1.26. The average molecular weight is 112 g/mol. The van der Waals surface area contributed by atoms with Gasteiger partial charge in [-0.1, -0.05) is 6.92 Å². The summed E-state index contributed by atoms with van der Waals surface area (Å²) in [6.45, 7) is 3.76. The highest BCUT2D eigenvalue weighted by atomic mass is 14.7. The quantitative estimate of drug-likeness (QED) is 0.526. The maximum Gasteiger partial charge on any atom is 0.0546 e. The second kappa shape index (κ2) is 3.36. The highest BCUT2D eigenvalue weighted by Gasteiger charge is 1.93. The van der Waals surface area contributed by atoms with Gasteiger partial charge in [0.2, 0.25) is 0 Å². The second-order valence-corrected chi connectivity index (χ2v) is 1.65. The van der Waals surface area contributed by atoms with Gasteiger partial charge in [-0.3, -0.25) is 4.99 Å². The normalized spacial score (nSPS) is 11.6. The zero-order valence-corrected chi connectivity index (χ0v) is 5.65. The lowest BCUT2D eigenvalue weighted by Gasteiger charge is -1.95. The largest absolute Gasteiger partial charge is 0.304 e. The van der Waals surface area contributed by atoms with Gasteiger partial charge in [-0.05, 0) is 13.3 Å². The van der Waals surface area contributed by atoms with E-state index in [0.29, 0.717) is 5.71 Å². The standard InChI is InChI=1S/C6H12N2/c1-4-6(8-3)5(2)7/h7H,4H2,1-3H3/b7-5?,8-6-. The van der Waals surface area contributed by atoms with Crippen molar-refractivity contribution in [2.45, 2.75) is 20.3 Å². The van der Waals surface area contributed by atoms with Gasteiger partial charge in [-0.15, -0.1) is 0 Å². The molecule has 0 bridgehead atoms. The number of hydrogen-bond donors (Lipinski definition) is 1. The van der Waals surface area contributed by atoms with Crippen molar-refractivity contribution < 1.29 is 0 Å². The molecule has 0 rings (SSSR count). The van der Waals surface area contributed by atoms with Crippen LogP contribution in [0.1, 0.15) is 20.3 Å². The molecule has 0 amide bonds. The molecule has 8 heavy (non-hydrogen) atoms. The molecule has 0 spiro atoms. The maximum absolute atomic E-state index is 7.12. The Labute approximate surface area is 50.1 Å². The van der Waals surface area contributed by atoms with Gasteiger partial charge in [0.1, 0.15) is 0 Å². The van der Waals surface area contributed by atoms with E-state index in [1.165, 1.54) is 0 Å². The topological polar surface area (TPSA) is 36.2 Å². The van der Waals surface area contributed by atoms with Crippen LogP contribution in [0, 0.1) is 5.41 Å². The molecule has 0 atom stereocenters. The summed E-state index contributed by atoms with van der Waals surface area (Å²) in [5.41, 5.74) is 1.47. The van der Waals surface area contributed by atoms with Crippen LogP contribution in [0.15, 0.2) is 4.99 Å². The van der Waals surface area contributed by atoms with E-state index in [0.717, 1.165) is 12.1 Å². The third kappa shape index (κ3) is 1.87. The van der Waals surface area contributed by atoms with E-state index < -0.39 is 0 Å². The molecule has 0 radical (unpaired) electrons. The predicted molar refractivity (Wildman–Crippen MR) is 37.1 cm³/mol. The van der Waals surface area contributed by atoms with E-state index in [-0.39, 0.29) is 0 Å². The van der Waals surface area contributed by atoms with E-state index in [4.69, 9.17) is 5.41 Å². The van der Waals surface area contributed by atoms with Crippen LogP contribution in [0.25, 0.3) is 0 Å². The Balaban J connectivity index is 3.92. The summed E-state index contributed by atoms with van der Waals surface area (Å²) in [6.07, 6.45) is 0.867. The molecular weight excluding hydrogens is 100 g/mol. The van der Waals surface area contributed by atoms with Crippen LogP contribution in [0.3, 0.4) is 0 Å². The molecule has 0 aliphatic heterocycles. The van der Waals surface area contributed by atoms with Crippen molar-refractivity contribution in [3.63, 3.8) is 0 Å². The first-order valence-corrected chi connectivity index (χ1v) is 2.73. The smallest absolute Gasteiger partial charge is 0.0546 e. The minimum atomic E-state index is 0.579. The molecule has 1 N–H and O–H groups in total. The Kier molecular flexibility index (Phi) is 3.08. The summed E-state index contributed by atoms with van der Waals surface area (Å²) in [4.78, 5) is 3.90. The molecule has 46 valence electrons. The van der Waals surface area contributed by atoms with Crippen LogP contribution in [0.4, 0.5) is 0 Å². The van der Waals surface area contributed by atoms with Gasteiger partial charge in [0, 0.05) is 12.8 Å². The van der Waals surface area contributed by atoms with Crippen LogP contribution in [0.2, 0.25) is 0 Å². The molecule has 0 aromatic rings. The summed E-state index contributed by atoms with van der Waals surface area (Å²) >= 11 is 0. The van der Waals surface area contributed by atoms with Crippen molar-refractivity contribution in [1.82, 2.24) is 0 Å². The van der Waals surface area contributed by atoms with Gasteiger partial charge in [-0.25, -0.2) is 0 Å². The molecule has 0 fully saturated rings. The van der Waals surface area contributed by atoms with Gasteiger partial charge in [0.25, 0.3) is 0 Å². The van der Waals surface area contributed by atoms with Crippen LogP contribution in [-0.4, -0.2) is 18.5 Å². The number of hydrogen-bond acceptors (Lipinski definition) is 2. The van der Waals surface area contributed by atoms with Crippen LogP contribution >= 0.6 is 0 Å². The summed E-state index contributed by atoms with van der Waals surface area (Å²) in [7, 11) is 1.72. The molecule has 2 nitrogen and oxygen atoms in total. The van der Waals surface area contributed by atoms with Gasteiger partial charge >= 0.3 is 0 Å². The summed E-state index contributed by atoms with van der Waals surface area (Å²) < 4.78 is 0. The van der Waals surface area contributed by atoms with Gasteiger partial charge in [-0.2, -0.15) is 0 Å². The van der Waals surface area contributed by atoms with Crippen molar-refractivity contribution in [1.29, 1.82) is 5.41 Å². The fraction of sp³-hybridized carbons (Fsp3) is 0.667. The number of aliphatic imine (C=N–C) groups is 1. The van der Waals surface area contributed by atoms with E-state index in [2.05, 4.69) is 4.99 Å². The Morgan fingerprint density at radius 1 is 1.62 bits per heavy atom. The zero-order chi connectivity index (χ0) is 6.57. The van der Waals surface area contributed by atoms with Crippen LogP contribution < -0.4 is 0 Å². The Morgan fingerprint density at radius 3 is 2.12 bits per heavy atom. The Morgan fingerprint density at radius 2 is 2.12 bits per heavy atom. The fourth-order valence-corrected chi connectivity index (χ4v) is 0.591. The number of rotatable bonds is 2. The first-order chi connectivity index (χ1) is 3.72. The van der Waals surface area contributed by atoms with Crippen molar-refractivity contribution in [2.75, 3.05) is 7.05 Å². The molecule has 0 aliphatic rings. The first-order valence-electron chi connectivity index (χ1n) is 2.73. The van der Waals surface area contributed by atoms with Crippen molar-refractivity contribution in [3.8, 4) is 0 Å². The van der Waals surface area contributed by atoms with Crippen molar-refractivity contribution in [2.24, 2.45) is 4.99 Å².